The standard InChI is InChI=1S/C19H20N2O3/c22-20-19-17-4-2-1-3-15(17)16-6-5-14(13-18(16)19)24-12-9-21-7-10-23-11-8-21/h1-6,13,19H,7-12H2. The molecule has 4 rings (SSSR count). The molecular formula is C19H20N2O3. The van der Waals surface area contributed by atoms with E-state index in [0.29, 0.717) is 6.61 Å². The fourth-order valence-electron chi connectivity index (χ4n) is 3.48. The van der Waals surface area contributed by atoms with Crippen molar-refractivity contribution in [2.75, 3.05) is 39.5 Å². The van der Waals surface area contributed by atoms with Crippen LogP contribution < -0.4 is 4.74 Å². The zero-order chi connectivity index (χ0) is 16.4. The third-order valence-electron chi connectivity index (χ3n) is 4.75. The lowest BCUT2D eigenvalue weighted by atomic mass is 10.1. The highest BCUT2D eigenvalue weighted by molar-refractivity contribution is 5.79. The second-order valence-electron chi connectivity index (χ2n) is 6.15. The normalized spacial score (nSPS) is 19.6. The first-order chi connectivity index (χ1) is 11.9. The van der Waals surface area contributed by atoms with Gasteiger partial charge in [-0.15, -0.1) is 4.91 Å². The number of rotatable bonds is 5. The lowest BCUT2D eigenvalue weighted by Gasteiger charge is -2.26. The van der Waals surface area contributed by atoms with E-state index in [9.17, 15) is 4.91 Å². The van der Waals surface area contributed by atoms with Gasteiger partial charge in [-0.2, -0.15) is 0 Å². The largest absolute Gasteiger partial charge is 0.492 e. The molecule has 1 unspecified atom stereocenters. The van der Waals surface area contributed by atoms with Crippen LogP contribution in [0, 0.1) is 4.91 Å². The fourth-order valence-corrected chi connectivity index (χ4v) is 3.48. The summed E-state index contributed by atoms with van der Waals surface area (Å²) in [6.07, 6.45) is 0. The van der Waals surface area contributed by atoms with Crippen LogP contribution in [0.5, 0.6) is 5.75 Å². The Balaban J connectivity index is 1.48. The highest BCUT2D eigenvalue weighted by Gasteiger charge is 2.29. The molecule has 1 saturated heterocycles. The van der Waals surface area contributed by atoms with E-state index >= 15 is 0 Å². The van der Waals surface area contributed by atoms with Crippen LogP contribution in [0.4, 0.5) is 0 Å². The molecule has 24 heavy (non-hydrogen) atoms. The molecule has 0 aromatic heterocycles. The molecule has 1 heterocycles. The number of fused-ring (bicyclic) bond motifs is 3. The predicted molar refractivity (Wildman–Crippen MR) is 92.3 cm³/mol. The number of benzene rings is 2. The van der Waals surface area contributed by atoms with E-state index in [4.69, 9.17) is 9.47 Å². The highest BCUT2D eigenvalue weighted by atomic mass is 16.5. The summed E-state index contributed by atoms with van der Waals surface area (Å²) in [4.78, 5) is 13.7. The Morgan fingerprint density at radius 1 is 1.08 bits per heavy atom. The second-order valence-corrected chi connectivity index (χ2v) is 6.15. The van der Waals surface area contributed by atoms with Crippen LogP contribution in [0.25, 0.3) is 11.1 Å². The maximum absolute atomic E-state index is 11.4. The Bertz CT molecular complexity index is 741. The van der Waals surface area contributed by atoms with Gasteiger partial charge in [0.05, 0.1) is 13.2 Å². The summed E-state index contributed by atoms with van der Waals surface area (Å²) in [5.41, 5.74) is 4.09. The van der Waals surface area contributed by atoms with Crippen molar-refractivity contribution in [1.82, 2.24) is 4.90 Å². The maximum atomic E-state index is 11.4. The minimum Gasteiger partial charge on any atom is -0.492 e. The van der Waals surface area contributed by atoms with Gasteiger partial charge in [0, 0.05) is 19.6 Å². The van der Waals surface area contributed by atoms with Gasteiger partial charge in [-0.05, 0) is 34.4 Å². The smallest absolute Gasteiger partial charge is 0.143 e. The summed E-state index contributed by atoms with van der Waals surface area (Å²) < 4.78 is 11.2. The van der Waals surface area contributed by atoms with Crippen LogP contribution in [-0.4, -0.2) is 44.4 Å². The molecule has 1 atom stereocenters. The Hall–Kier alpha value is -2.24. The number of hydrogen-bond acceptors (Lipinski definition) is 5. The molecule has 0 bridgehead atoms. The summed E-state index contributed by atoms with van der Waals surface area (Å²) in [7, 11) is 0. The molecule has 0 spiro atoms. The highest BCUT2D eigenvalue weighted by Crippen LogP contribution is 2.46. The zero-order valence-corrected chi connectivity index (χ0v) is 13.5. The molecule has 0 N–H and O–H groups in total. The lowest BCUT2D eigenvalue weighted by Crippen LogP contribution is -2.38. The van der Waals surface area contributed by atoms with Gasteiger partial charge < -0.3 is 9.47 Å². The van der Waals surface area contributed by atoms with Crippen molar-refractivity contribution in [2.45, 2.75) is 6.04 Å². The number of ether oxygens (including phenoxy) is 2. The van der Waals surface area contributed by atoms with Crippen molar-refractivity contribution in [3.05, 3.63) is 58.5 Å². The summed E-state index contributed by atoms with van der Waals surface area (Å²) in [6, 6.07) is 13.5. The lowest BCUT2D eigenvalue weighted by molar-refractivity contribution is 0.0322. The molecule has 124 valence electrons. The molecule has 0 amide bonds. The Kier molecular flexibility index (Phi) is 4.28. The van der Waals surface area contributed by atoms with Gasteiger partial charge in [-0.25, -0.2) is 0 Å². The Morgan fingerprint density at radius 3 is 2.71 bits per heavy atom. The van der Waals surface area contributed by atoms with Gasteiger partial charge in [0.15, 0.2) is 0 Å². The van der Waals surface area contributed by atoms with Crippen molar-refractivity contribution in [3.63, 3.8) is 0 Å². The molecule has 2 aromatic rings. The number of nitrogens with zero attached hydrogens (tertiary/aromatic N) is 2. The van der Waals surface area contributed by atoms with E-state index in [1.807, 2.05) is 42.5 Å². The van der Waals surface area contributed by atoms with Gasteiger partial charge in [-0.1, -0.05) is 35.5 Å². The Labute approximate surface area is 141 Å². The molecule has 1 aliphatic heterocycles. The molecule has 5 nitrogen and oxygen atoms in total. The van der Waals surface area contributed by atoms with Crippen molar-refractivity contribution in [3.8, 4) is 16.9 Å². The number of hydrogen-bond donors (Lipinski definition) is 0. The van der Waals surface area contributed by atoms with Crippen LogP contribution in [0.1, 0.15) is 17.2 Å². The van der Waals surface area contributed by atoms with E-state index in [1.165, 1.54) is 0 Å². The SMILES string of the molecule is O=NC1c2ccccc2-c2ccc(OCCN3CCOCC3)cc21. The number of morpholine rings is 1. The van der Waals surface area contributed by atoms with E-state index < -0.39 is 6.04 Å². The van der Waals surface area contributed by atoms with Gasteiger partial charge in [0.2, 0.25) is 0 Å². The third kappa shape index (κ3) is 2.81. The van der Waals surface area contributed by atoms with Crippen LogP contribution in [0.2, 0.25) is 0 Å². The van der Waals surface area contributed by atoms with Crippen molar-refractivity contribution >= 4 is 0 Å². The third-order valence-corrected chi connectivity index (χ3v) is 4.75. The summed E-state index contributed by atoms with van der Waals surface area (Å²) in [5, 5.41) is 3.34. The average Bonchev–Trinajstić information content (AvgIpc) is 2.95. The fraction of sp³-hybridized carbons (Fsp3) is 0.368. The van der Waals surface area contributed by atoms with Crippen LogP contribution in [0.15, 0.2) is 47.6 Å². The van der Waals surface area contributed by atoms with E-state index in [1.54, 1.807) is 0 Å². The molecule has 0 saturated carbocycles. The average molecular weight is 324 g/mol. The molecule has 5 heteroatoms. The van der Waals surface area contributed by atoms with Crippen LogP contribution >= 0.6 is 0 Å². The summed E-state index contributed by atoms with van der Waals surface area (Å²) in [5.74, 6) is 0.795. The molecule has 0 radical (unpaired) electrons. The van der Waals surface area contributed by atoms with E-state index in [0.717, 1.165) is 60.9 Å². The van der Waals surface area contributed by atoms with Crippen molar-refractivity contribution in [1.29, 1.82) is 0 Å². The van der Waals surface area contributed by atoms with Crippen molar-refractivity contribution < 1.29 is 9.47 Å². The monoisotopic (exact) mass is 324 g/mol. The second kappa shape index (κ2) is 6.71. The van der Waals surface area contributed by atoms with Gasteiger partial charge in [0.25, 0.3) is 0 Å². The topological polar surface area (TPSA) is 51.1 Å². The minimum absolute atomic E-state index is 0.431. The molecule has 2 aromatic carbocycles. The zero-order valence-electron chi connectivity index (χ0n) is 13.5. The molecule has 1 aliphatic carbocycles. The van der Waals surface area contributed by atoms with Crippen LogP contribution in [0.3, 0.4) is 0 Å². The first-order valence-electron chi connectivity index (χ1n) is 8.35. The van der Waals surface area contributed by atoms with Gasteiger partial charge in [-0.3, -0.25) is 4.90 Å². The first kappa shape index (κ1) is 15.3. The quantitative estimate of drug-likeness (QED) is 0.792. The van der Waals surface area contributed by atoms with Crippen molar-refractivity contribution in [2.24, 2.45) is 5.18 Å². The van der Waals surface area contributed by atoms with Gasteiger partial charge >= 0.3 is 0 Å². The van der Waals surface area contributed by atoms with E-state index in [-0.39, 0.29) is 0 Å². The predicted octanol–water partition coefficient (Wildman–Crippen LogP) is 3.23. The summed E-state index contributed by atoms with van der Waals surface area (Å²) >= 11 is 0. The van der Waals surface area contributed by atoms with Crippen LogP contribution in [-0.2, 0) is 4.74 Å². The summed E-state index contributed by atoms with van der Waals surface area (Å²) in [6.45, 7) is 5.02. The first-order valence-corrected chi connectivity index (χ1v) is 8.35. The number of nitroso groups, excluding NO2 is 1. The maximum Gasteiger partial charge on any atom is 0.143 e. The molecule has 2 aliphatic rings. The molecular weight excluding hydrogens is 304 g/mol. The molecule has 1 fully saturated rings. The van der Waals surface area contributed by atoms with Gasteiger partial charge in [0.1, 0.15) is 18.4 Å². The Morgan fingerprint density at radius 2 is 1.88 bits per heavy atom. The minimum atomic E-state index is -0.431. The van der Waals surface area contributed by atoms with E-state index in [2.05, 4.69) is 10.1 Å².